The van der Waals surface area contributed by atoms with Gasteiger partial charge < -0.3 is 25.0 Å². The lowest BCUT2D eigenvalue weighted by atomic mass is 9.85. The Labute approximate surface area is 322 Å². The molecule has 14 nitrogen and oxygen atoms in total. The molecule has 55 heavy (non-hydrogen) atoms. The first-order valence-electron chi connectivity index (χ1n) is 19.3. The molecule has 0 bridgehead atoms. The summed E-state index contributed by atoms with van der Waals surface area (Å²) in [5.74, 6) is -3.33. The standard InChI is InChI=1S/C39H54FN5O9S/c1-7-24-17-23(2)11-8-9-13-26-19-39(26,34(48)43-55(51,52)38(6)15-16-38)42-32(46)30-18-27(21-45(30)33(47)31(24)41-35(49)54-37(3,4)5)53-36(50)44-20-25-12-10-14-29(40)28(25)22-44/h9-10,12-14,23-24,26-27,30-31H,7-8,11,15-22H2,1-6H3,(H,41,49)(H,42,46)(H,43,48)/b13-9-/t23-,24+,26?,27+,30-,31-,39+/m0/s1. The van der Waals surface area contributed by atoms with E-state index in [9.17, 15) is 36.8 Å². The summed E-state index contributed by atoms with van der Waals surface area (Å²) in [4.78, 5) is 72.4. The Bertz CT molecular complexity index is 1860. The van der Waals surface area contributed by atoms with Crippen LogP contribution in [0.3, 0.4) is 0 Å². The van der Waals surface area contributed by atoms with E-state index in [-0.39, 0.29) is 44.3 Å². The lowest BCUT2D eigenvalue weighted by Gasteiger charge is -2.34. The molecule has 1 unspecified atom stereocenters. The van der Waals surface area contributed by atoms with Gasteiger partial charge in [0.2, 0.25) is 21.8 Å². The maximum Gasteiger partial charge on any atom is 0.410 e. The van der Waals surface area contributed by atoms with Crippen molar-refractivity contribution >= 4 is 39.9 Å². The minimum atomic E-state index is -4.03. The van der Waals surface area contributed by atoms with Crippen LogP contribution in [0.5, 0.6) is 0 Å². The fourth-order valence-electron chi connectivity index (χ4n) is 7.98. The number of ether oxygens (including phenoxy) is 2. The molecule has 0 spiro atoms. The summed E-state index contributed by atoms with van der Waals surface area (Å²) in [6.07, 6.45) is 4.53. The molecule has 2 saturated carbocycles. The zero-order valence-corrected chi connectivity index (χ0v) is 33.3. The van der Waals surface area contributed by atoms with Crippen LogP contribution in [0.15, 0.2) is 30.4 Å². The first-order chi connectivity index (χ1) is 25.8. The van der Waals surface area contributed by atoms with Crippen LogP contribution in [0, 0.1) is 23.6 Å². The van der Waals surface area contributed by atoms with E-state index in [1.165, 1.54) is 15.9 Å². The van der Waals surface area contributed by atoms with Gasteiger partial charge in [-0.1, -0.05) is 44.6 Å². The Hall–Kier alpha value is -4.21. The van der Waals surface area contributed by atoms with Crippen molar-refractivity contribution in [3.8, 4) is 0 Å². The quantitative estimate of drug-likeness (QED) is 0.352. The molecule has 3 aliphatic heterocycles. The van der Waals surface area contributed by atoms with Gasteiger partial charge in [-0.15, -0.1) is 0 Å². The smallest absolute Gasteiger partial charge is 0.410 e. The van der Waals surface area contributed by atoms with Gasteiger partial charge in [-0.3, -0.25) is 24.0 Å². The van der Waals surface area contributed by atoms with Crippen molar-refractivity contribution in [2.45, 2.75) is 140 Å². The number of carbonyl (C=O) groups excluding carboxylic acids is 5. The van der Waals surface area contributed by atoms with Gasteiger partial charge in [-0.05, 0) is 89.7 Å². The average molecular weight is 788 g/mol. The monoisotopic (exact) mass is 787 g/mol. The highest BCUT2D eigenvalue weighted by atomic mass is 32.2. The maximum absolute atomic E-state index is 14.8. The summed E-state index contributed by atoms with van der Waals surface area (Å²) < 4.78 is 53.4. The SMILES string of the molecule is CC[C@@H]1C[C@@H](C)CC/C=C\C2C[C@@]2(C(=O)NS(=O)(=O)C2(C)CC2)NC(=O)[C@@H]2C[C@@H](OC(=O)N3Cc4cccc(F)c4C3)CN2C(=O)[C@H]1NC(=O)OC(C)(C)C. The van der Waals surface area contributed by atoms with Crippen LogP contribution in [0.4, 0.5) is 14.0 Å². The predicted molar refractivity (Wildman–Crippen MR) is 199 cm³/mol. The Morgan fingerprint density at radius 2 is 1.84 bits per heavy atom. The molecule has 1 aromatic carbocycles. The molecule has 5 amide bonds. The van der Waals surface area contributed by atoms with Crippen molar-refractivity contribution in [3.63, 3.8) is 0 Å². The first kappa shape index (κ1) is 40.5. The van der Waals surface area contributed by atoms with Crippen LogP contribution in [0.25, 0.3) is 0 Å². The van der Waals surface area contributed by atoms with Gasteiger partial charge in [0, 0.05) is 24.4 Å². The van der Waals surface area contributed by atoms with E-state index < -0.39 is 85.7 Å². The van der Waals surface area contributed by atoms with E-state index in [2.05, 4.69) is 22.3 Å². The van der Waals surface area contributed by atoms with Gasteiger partial charge in [-0.2, -0.15) is 0 Å². The highest BCUT2D eigenvalue weighted by Crippen LogP contribution is 2.47. The molecular weight excluding hydrogens is 734 g/mol. The second-order valence-electron chi connectivity index (χ2n) is 17.3. The molecule has 0 radical (unpaired) electrons. The topological polar surface area (TPSA) is 181 Å². The summed E-state index contributed by atoms with van der Waals surface area (Å²) in [7, 11) is -4.03. The van der Waals surface area contributed by atoms with E-state index in [1.54, 1.807) is 39.8 Å². The largest absolute Gasteiger partial charge is 0.444 e. The molecule has 3 N–H and O–H groups in total. The van der Waals surface area contributed by atoms with Crippen molar-refractivity contribution in [1.29, 1.82) is 0 Å². The first-order valence-corrected chi connectivity index (χ1v) is 20.8. The number of hydrogen-bond acceptors (Lipinski definition) is 9. The number of allylic oxidation sites excluding steroid dienone is 1. The molecular formula is C39H54FN5O9S. The van der Waals surface area contributed by atoms with Crippen molar-refractivity contribution < 1.29 is 46.3 Å². The molecule has 1 aromatic rings. The van der Waals surface area contributed by atoms with E-state index in [1.807, 2.05) is 19.1 Å². The number of sulfonamides is 1. The van der Waals surface area contributed by atoms with Crippen LogP contribution in [-0.2, 0) is 47.0 Å². The van der Waals surface area contributed by atoms with Crippen molar-refractivity contribution in [1.82, 2.24) is 25.2 Å². The van der Waals surface area contributed by atoms with Crippen molar-refractivity contribution in [2.24, 2.45) is 17.8 Å². The van der Waals surface area contributed by atoms with E-state index in [0.717, 1.165) is 6.42 Å². The number of hydrogen-bond donors (Lipinski definition) is 3. The highest BCUT2D eigenvalue weighted by molar-refractivity contribution is 7.91. The number of rotatable bonds is 6. The zero-order chi connectivity index (χ0) is 40.1. The molecule has 0 aromatic heterocycles. The third kappa shape index (κ3) is 8.63. The molecule has 302 valence electrons. The van der Waals surface area contributed by atoms with Crippen LogP contribution < -0.4 is 15.4 Å². The Kier molecular flexibility index (Phi) is 11.1. The van der Waals surface area contributed by atoms with E-state index >= 15 is 0 Å². The van der Waals surface area contributed by atoms with Crippen LogP contribution in [0.1, 0.15) is 104 Å². The molecule has 7 atom stereocenters. The van der Waals surface area contributed by atoms with Gasteiger partial charge in [0.1, 0.15) is 35.1 Å². The Morgan fingerprint density at radius 3 is 2.49 bits per heavy atom. The number of nitrogens with one attached hydrogen (secondary N) is 3. The summed E-state index contributed by atoms with van der Waals surface area (Å²) in [6.45, 7) is 10.6. The average Bonchev–Trinajstić information content (AvgIpc) is 3.89. The van der Waals surface area contributed by atoms with Gasteiger partial charge >= 0.3 is 12.2 Å². The summed E-state index contributed by atoms with van der Waals surface area (Å²) in [6, 6.07) is 2.25. The maximum atomic E-state index is 14.8. The van der Waals surface area contributed by atoms with Gasteiger partial charge in [-0.25, -0.2) is 22.4 Å². The minimum absolute atomic E-state index is 0.00709. The van der Waals surface area contributed by atoms with E-state index in [0.29, 0.717) is 43.2 Å². The number of nitrogens with zero attached hydrogens (tertiary/aromatic N) is 2. The number of alkyl carbamates (subject to hydrolysis) is 1. The number of carbonyl (C=O) groups is 5. The molecule has 1 saturated heterocycles. The molecule has 3 heterocycles. The van der Waals surface area contributed by atoms with Crippen LogP contribution in [0.2, 0.25) is 0 Å². The third-order valence-electron chi connectivity index (χ3n) is 11.7. The van der Waals surface area contributed by atoms with Gasteiger partial charge in [0.15, 0.2) is 0 Å². The molecule has 3 fully saturated rings. The number of benzene rings is 1. The summed E-state index contributed by atoms with van der Waals surface area (Å²) in [5, 5.41) is 5.62. The molecule has 2 aliphatic carbocycles. The normalized spacial score (nSPS) is 31.0. The number of amides is 5. The van der Waals surface area contributed by atoms with E-state index in [4.69, 9.17) is 9.47 Å². The zero-order valence-electron chi connectivity index (χ0n) is 32.5. The minimum Gasteiger partial charge on any atom is -0.444 e. The molecule has 16 heteroatoms. The van der Waals surface area contributed by atoms with Crippen molar-refractivity contribution in [2.75, 3.05) is 6.54 Å². The van der Waals surface area contributed by atoms with Crippen LogP contribution >= 0.6 is 0 Å². The lowest BCUT2D eigenvalue weighted by Crippen LogP contribution is -2.59. The Balaban J connectivity index is 1.31. The second kappa shape index (κ2) is 15.0. The van der Waals surface area contributed by atoms with Gasteiger partial charge in [0.25, 0.3) is 5.91 Å². The molecule has 6 rings (SSSR count). The highest BCUT2D eigenvalue weighted by Gasteiger charge is 2.63. The fourth-order valence-corrected chi connectivity index (χ4v) is 9.29. The third-order valence-corrected chi connectivity index (χ3v) is 13.9. The van der Waals surface area contributed by atoms with Crippen molar-refractivity contribution in [3.05, 3.63) is 47.3 Å². The summed E-state index contributed by atoms with van der Waals surface area (Å²) >= 11 is 0. The Morgan fingerprint density at radius 1 is 1.11 bits per heavy atom. The predicted octanol–water partition coefficient (Wildman–Crippen LogP) is 4.42. The number of fused-ring (bicyclic) bond motifs is 3. The lowest BCUT2D eigenvalue weighted by molar-refractivity contribution is -0.142. The second-order valence-corrected chi connectivity index (χ2v) is 19.5. The summed E-state index contributed by atoms with van der Waals surface area (Å²) in [5.41, 5.74) is -1.41. The molecule has 5 aliphatic rings. The van der Waals surface area contributed by atoms with Crippen LogP contribution in [-0.4, -0.2) is 88.7 Å². The van der Waals surface area contributed by atoms with Gasteiger partial charge in [0.05, 0.1) is 17.8 Å². The number of halogens is 1. The fraction of sp³-hybridized carbons (Fsp3) is 0.667.